The van der Waals surface area contributed by atoms with Gasteiger partial charge in [0.25, 0.3) is 0 Å². The molecular weight excluding hydrogens is 288 g/mol. The van der Waals surface area contributed by atoms with E-state index in [4.69, 9.17) is 5.73 Å². The van der Waals surface area contributed by atoms with E-state index in [-0.39, 0.29) is 11.1 Å². The second kappa shape index (κ2) is 5.40. The van der Waals surface area contributed by atoms with Gasteiger partial charge in [0.05, 0.1) is 0 Å². The van der Waals surface area contributed by atoms with Crippen LogP contribution in [0.2, 0.25) is 0 Å². The van der Waals surface area contributed by atoms with Crippen molar-refractivity contribution in [2.75, 3.05) is 0 Å². The summed E-state index contributed by atoms with van der Waals surface area (Å²) in [6, 6.07) is 6.53. The van der Waals surface area contributed by atoms with Gasteiger partial charge in [-0.25, -0.2) is 13.8 Å². The first-order chi connectivity index (χ1) is 10.6. The maximum atomic E-state index is 13.9. The molecule has 6 heteroatoms. The number of halogens is 2. The lowest BCUT2D eigenvalue weighted by Crippen LogP contribution is -2.14. The zero-order chi connectivity index (χ0) is 15.7. The fraction of sp³-hybridized carbons (Fsp3) is 0. The van der Waals surface area contributed by atoms with Crippen LogP contribution >= 0.6 is 0 Å². The Hall–Kier alpha value is -3.02. The van der Waals surface area contributed by atoms with Gasteiger partial charge in [-0.15, -0.1) is 0 Å². The van der Waals surface area contributed by atoms with E-state index >= 15 is 0 Å². The molecule has 3 rings (SSSR count). The lowest BCUT2D eigenvalue weighted by molar-refractivity contribution is -0.112. The molecule has 0 saturated carbocycles. The number of H-pyrrole nitrogens is 1. The van der Waals surface area contributed by atoms with Crippen molar-refractivity contribution in [3.05, 3.63) is 65.5 Å². The van der Waals surface area contributed by atoms with Crippen molar-refractivity contribution in [3.63, 3.8) is 0 Å². The van der Waals surface area contributed by atoms with Crippen molar-refractivity contribution in [2.45, 2.75) is 0 Å². The molecule has 0 spiro atoms. The number of benzene rings is 1. The van der Waals surface area contributed by atoms with Crippen LogP contribution in [-0.2, 0) is 4.79 Å². The Morgan fingerprint density at radius 2 is 2.09 bits per heavy atom. The quantitative estimate of drug-likeness (QED) is 0.730. The molecular formula is C16H11F2N3O. The van der Waals surface area contributed by atoms with E-state index in [1.54, 1.807) is 18.5 Å². The second-order valence-corrected chi connectivity index (χ2v) is 4.69. The highest BCUT2D eigenvalue weighted by molar-refractivity contribution is 6.24. The number of carbonyl (C=O) groups excluding carboxylic acids is 1. The van der Waals surface area contributed by atoms with Gasteiger partial charge in [-0.05, 0) is 30.3 Å². The van der Waals surface area contributed by atoms with Crippen LogP contribution in [0, 0.1) is 11.6 Å². The molecule has 22 heavy (non-hydrogen) atoms. The van der Waals surface area contributed by atoms with E-state index in [0.717, 1.165) is 11.5 Å². The van der Waals surface area contributed by atoms with Crippen molar-refractivity contribution in [1.29, 1.82) is 0 Å². The van der Waals surface area contributed by atoms with E-state index in [0.29, 0.717) is 17.3 Å². The molecule has 0 radical (unpaired) electrons. The van der Waals surface area contributed by atoms with Crippen molar-refractivity contribution in [3.8, 4) is 0 Å². The largest absolute Gasteiger partial charge is 0.366 e. The second-order valence-electron chi connectivity index (χ2n) is 4.69. The predicted molar refractivity (Wildman–Crippen MR) is 79.5 cm³/mol. The summed E-state index contributed by atoms with van der Waals surface area (Å²) in [7, 11) is 0. The summed E-state index contributed by atoms with van der Waals surface area (Å²) in [4.78, 5) is 18.7. The number of pyridine rings is 1. The van der Waals surface area contributed by atoms with Gasteiger partial charge in [0.15, 0.2) is 0 Å². The van der Waals surface area contributed by atoms with Crippen LogP contribution in [0.15, 0.2) is 42.7 Å². The first kappa shape index (κ1) is 13.9. The molecule has 0 bridgehead atoms. The lowest BCUT2D eigenvalue weighted by Gasteiger charge is -2.05. The van der Waals surface area contributed by atoms with E-state index in [9.17, 15) is 13.6 Å². The van der Waals surface area contributed by atoms with Gasteiger partial charge in [0.2, 0.25) is 5.91 Å². The minimum atomic E-state index is -0.844. The average Bonchev–Trinajstić information content (AvgIpc) is 2.88. The Morgan fingerprint density at radius 3 is 2.82 bits per heavy atom. The molecule has 0 atom stereocenters. The monoisotopic (exact) mass is 299 g/mol. The molecule has 3 N–H and O–H groups in total. The Kier molecular flexibility index (Phi) is 3.42. The van der Waals surface area contributed by atoms with E-state index in [1.807, 2.05) is 6.07 Å². The van der Waals surface area contributed by atoms with Gasteiger partial charge < -0.3 is 10.7 Å². The predicted octanol–water partition coefficient (Wildman–Crippen LogP) is 2.87. The number of nitrogens with two attached hydrogens (primary N) is 1. The van der Waals surface area contributed by atoms with Crippen LogP contribution in [0.3, 0.4) is 0 Å². The lowest BCUT2D eigenvalue weighted by atomic mass is 10.0. The van der Waals surface area contributed by atoms with Crippen molar-refractivity contribution in [1.82, 2.24) is 9.97 Å². The summed E-state index contributed by atoms with van der Waals surface area (Å²) in [5.74, 6) is -2.37. The number of amides is 1. The van der Waals surface area contributed by atoms with Gasteiger partial charge in [-0.3, -0.25) is 4.79 Å². The van der Waals surface area contributed by atoms with Crippen LogP contribution in [0.25, 0.3) is 22.7 Å². The molecule has 110 valence electrons. The first-order valence-electron chi connectivity index (χ1n) is 6.45. The number of hydrogen-bond donors (Lipinski definition) is 2. The highest BCUT2D eigenvalue weighted by atomic mass is 19.1. The van der Waals surface area contributed by atoms with Gasteiger partial charge >= 0.3 is 0 Å². The maximum Gasteiger partial charge on any atom is 0.249 e. The number of aromatic amines is 1. The topological polar surface area (TPSA) is 71.8 Å². The molecule has 2 heterocycles. The number of hydrogen-bond acceptors (Lipinski definition) is 2. The highest BCUT2D eigenvalue weighted by Crippen LogP contribution is 2.25. The molecule has 1 amide bonds. The fourth-order valence-corrected chi connectivity index (χ4v) is 2.24. The Balaban J connectivity index is 2.17. The minimum absolute atomic E-state index is 0.0396. The van der Waals surface area contributed by atoms with Crippen molar-refractivity contribution < 1.29 is 13.6 Å². The zero-order valence-electron chi connectivity index (χ0n) is 11.3. The minimum Gasteiger partial charge on any atom is -0.366 e. The molecule has 0 saturated heterocycles. The molecule has 3 aromatic rings. The number of nitrogens with one attached hydrogen (secondary N) is 1. The van der Waals surface area contributed by atoms with Gasteiger partial charge in [-0.1, -0.05) is 0 Å². The summed E-state index contributed by atoms with van der Waals surface area (Å²) in [6.07, 6.45) is 4.72. The number of nitrogens with zero attached hydrogens (tertiary/aromatic N) is 1. The van der Waals surface area contributed by atoms with E-state index in [2.05, 4.69) is 9.97 Å². The number of carbonyl (C=O) groups is 1. The fourth-order valence-electron chi connectivity index (χ4n) is 2.24. The van der Waals surface area contributed by atoms with Gasteiger partial charge in [0.1, 0.15) is 17.3 Å². The van der Waals surface area contributed by atoms with Crippen LogP contribution < -0.4 is 5.73 Å². The summed E-state index contributed by atoms with van der Waals surface area (Å²) in [5, 5.41) is 0.767. The summed E-state index contributed by atoms with van der Waals surface area (Å²) < 4.78 is 26.9. The average molecular weight is 299 g/mol. The number of primary amides is 1. The number of aromatic nitrogens is 2. The molecule has 0 unspecified atom stereocenters. The number of rotatable bonds is 3. The third-order valence-electron chi connectivity index (χ3n) is 3.27. The molecule has 1 aromatic carbocycles. The van der Waals surface area contributed by atoms with E-state index in [1.165, 1.54) is 12.1 Å². The van der Waals surface area contributed by atoms with Crippen molar-refractivity contribution in [2.24, 2.45) is 5.73 Å². The third-order valence-corrected chi connectivity index (χ3v) is 3.27. The van der Waals surface area contributed by atoms with Crippen LogP contribution in [-0.4, -0.2) is 15.9 Å². The Bertz CT molecular complexity index is 899. The molecule has 4 nitrogen and oxygen atoms in total. The van der Waals surface area contributed by atoms with Crippen LogP contribution in [0.5, 0.6) is 0 Å². The summed E-state index contributed by atoms with van der Waals surface area (Å²) in [5.41, 5.74) is 6.53. The van der Waals surface area contributed by atoms with Crippen molar-refractivity contribution >= 4 is 28.6 Å². The highest BCUT2D eigenvalue weighted by Gasteiger charge is 2.15. The van der Waals surface area contributed by atoms with Crippen LogP contribution in [0.1, 0.15) is 11.1 Å². The molecule has 0 aliphatic heterocycles. The Morgan fingerprint density at radius 1 is 1.27 bits per heavy atom. The van der Waals surface area contributed by atoms with Gasteiger partial charge in [-0.2, -0.15) is 0 Å². The smallest absolute Gasteiger partial charge is 0.249 e. The van der Waals surface area contributed by atoms with Gasteiger partial charge in [0, 0.05) is 40.5 Å². The normalized spacial score (nSPS) is 11.8. The third kappa shape index (κ3) is 2.46. The molecule has 0 fully saturated rings. The molecule has 0 aliphatic rings. The molecule has 2 aromatic heterocycles. The summed E-state index contributed by atoms with van der Waals surface area (Å²) >= 11 is 0. The summed E-state index contributed by atoms with van der Waals surface area (Å²) in [6.45, 7) is 0. The standard InChI is InChI=1S/C16H11F2N3O/c17-10-3-4-12(14(18)7-10)13(15(19)22)6-9-8-21-16-11(9)2-1-5-20-16/h1-8H,(H2,19,22)(H,20,21)/b13-6-. The SMILES string of the molecule is NC(=O)/C(=C\c1c[nH]c2ncccc12)c1ccc(F)cc1F. The zero-order valence-corrected chi connectivity index (χ0v) is 11.3. The van der Waals surface area contributed by atoms with E-state index < -0.39 is 17.5 Å². The van der Waals surface area contributed by atoms with Crippen LogP contribution in [0.4, 0.5) is 8.78 Å². The number of fused-ring (bicyclic) bond motifs is 1. The maximum absolute atomic E-state index is 13.9. The molecule has 0 aliphatic carbocycles. The first-order valence-corrected chi connectivity index (χ1v) is 6.45. The Labute approximate surface area is 124 Å².